The third kappa shape index (κ3) is 3.42. The Morgan fingerprint density at radius 1 is 1.08 bits per heavy atom. The first-order chi connectivity index (χ1) is 12.8. The van der Waals surface area contributed by atoms with Gasteiger partial charge < -0.3 is 10.2 Å². The first-order valence-corrected chi connectivity index (χ1v) is 8.74. The highest BCUT2D eigenvalue weighted by atomic mass is 16.2. The second-order valence-electron chi connectivity index (χ2n) is 6.30. The molecule has 7 nitrogen and oxygen atoms in total. The van der Waals surface area contributed by atoms with Crippen molar-refractivity contribution in [3.63, 3.8) is 0 Å². The SMILES string of the molecule is O=C(NC1CCCN(c2cccnn2)C1)c1ccnn1-c1ccccc1. The minimum atomic E-state index is -0.114. The zero-order valence-electron chi connectivity index (χ0n) is 14.3. The maximum absolute atomic E-state index is 12.8. The summed E-state index contributed by atoms with van der Waals surface area (Å²) in [6, 6.07) is 15.3. The number of rotatable bonds is 4. The van der Waals surface area contributed by atoms with Gasteiger partial charge in [-0.3, -0.25) is 4.79 Å². The molecule has 0 radical (unpaired) electrons. The van der Waals surface area contributed by atoms with E-state index in [2.05, 4.69) is 25.5 Å². The van der Waals surface area contributed by atoms with Gasteiger partial charge in [-0.15, -0.1) is 5.10 Å². The Morgan fingerprint density at radius 3 is 2.77 bits per heavy atom. The average molecular weight is 348 g/mol. The third-order valence-electron chi connectivity index (χ3n) is 4.51. The molecule has 7 heteroatoms. The van der Waals surface area contributed by atoms with E-state index in [1.807, 2.05) is 42.5 Å². The van der Waals surface area contributed by atoms with Crippen LogP contribution in [-0.4, -0.2) is 45.0 Å². The average Bonchev–Trinajstić information content (AvgIpc) is 3.20. The largest absolute Gasteiger partial charge is 0.353 e. The molecule has 0 spiro atoms. The topological polar surface area (TPSA) is 75.9 Å². The highest BCUT2D eigenvalue weighted by molar-refractivity contribution is 5.93. The van der Waals surface area contributed by atoms with Gasteiger partial charge in [0.2, 0.25) is 0 Å². The molecule has 2 aromatic heterocycles. The molecule has 132 valence electrons. The van der Waals surface area contributed by atoms with Gasteiger partial charge in [-0.2, -0.15) is 10.2 Å². The number of aromatic nitrogens is 4. The van der Waals surface area contributed by atoms with Gasteiger partial charge in [0.25, 0.3) is 5.91 Å². The number of hydrogen-bond acceptors (Lipinski definition) is 5. The van der Waals surface area contributed by atoms with Crippen molar-refractivity contribution in [1.29, 1.82) is 0 Å². The van der Waals surface area contributed by atoms with E-state index in [-0.39, 0.29) is 11.9 Å². The first-order valence-electron chi connectivity index (χ1n) is 8.74. The predicted octanol–water partition coefficient (Wildman–Crippen LogP) is 2.06. The lowest BCUT2D eigenvalue weighted by Gasteiger charge is -2.33. The summed E-state index contributed by atoms with van der Waals surface area (Å²) in [7, 11) is 0. The van der Waals surface area contributed by atoms with Crippen molar-refractivity contribution >= 4 is 11.7 Å². The lowest BCUT2D eigenvalue weighted by molar-refractivity contribution is 0.0925. The van der Waals surface area contributed by atoms with Crippen molar-refractivity contribution in [2.24, 2.45) is 0 Å². The Kier molecular flexibility index (Phi) is 4.59. The third-order valence-corrected chi connectivity index (χ3v) is 4.51. The molecule has 1 amide bonds. The Labute approximate surface area is 151 Å². The van der Waals surface area contributed by atoms with Crippen molar-refractivity contribution in [3.8, 4) is 5.69 Å². The van der Waals surface area contributed by atoms with Gasteiger partial charge in [0, 0.05) is 25.3 Å². The van der Waals surface area contributed by atoms with Crippen molar-refractivity contribution < 1.29 is 4.79 Å². The maximum atomic E-state index is 12.8. The summed E-state index contributed by atoms with van der Waals surface area (Å²) in [5, 5.41) is 15.5. The minimum absolute atomic E-state index is 0.0670. The van der Waals surface area contributed by atoms with Gasteiger partial charge in [-0.25, -0.2) is 4.68 Å². The highest BCUT2D eigenvalue weighted by Crippen LogP contribution is 2.17. The van der Waals surface area contributed by atoms with E-state index >= 15 is 0 Å². The van der Waals surface area contributed by atoms with Crippen LogP contribution in [0, 0.1) is 0 Å². The molecule has 1 aromatic carbocycles. The van der Waals surface area contributed by atoms with Crippen LogP contribution in [-0.2, 0) is 0 Å². The molecule has 3 aromatic rings. The van der Waals surface area contributed by atoms with Crippen LogP contribution in [0.5, 0.6) is 0 Å². The molecule has 1 N–H and O–H groups in total. The van der Waals surface area contributed by atoms with Gasteiger partial charge >= 0.3 is 0 Å². The fourth-order valence-corrected chi connectivity index (χ4v) is 3.27. The molecule has 1 unspecified atom stereocenters. The standard InChI is InChI=1S/C19H20N6O/c26-19(17-10-12-21-25(17)16-7-2-1-3-8-16)22-15-6-5-13-24(14-15)18-9-4-11-20-23-18/h1-4,7-12,15H,5-6,13-14H2,(H,22,26). The smallest absolute Gasteiger partial charge is 0.270 e. The number of benzene rings is 1. The van der Waals surface area contributed by atoms with Crippen LogP contribution in [0.4, 0.5) is 5.82 Å². The Morgan fingerprint density at radius 2 is 1.96 bits per heavy atom. The molecule has 1 fully saturated rings. The number of carbonyl (C=O) groups excluding carboxylic acids is 1. The maximum Gasteiger partial charge on any atom is 0.270 e. The summed E-state index contributed by atoms with van der Waals surface area (Å²) in [5.74, 6) is 0.734. The molecule has 0 aliphatic carbocycles. The monoisotopic (exact) mass is 348 g/mol. The number of para-hydroxylation sites is 1. The molecular formula is C19H20N6O. The van der Waals surface area contributed by atoms with Crippen molar-refractivity contribution in [3.05, 3.63) is 66.6 Å². The Hall–Kier alpha value is -3.22. The van der Waals surface area contributed by atoms with E-state index in [0.29, 0.717) is 5.69 Å². The fourth-order valence-electron chi connectivity index (χ4n) is 3.27. The fraction of sp³-hybridized carbons (Fsp3) is 0.263. The summed E-state index contributed by atoms with van der Waals surface area (Å²) in [6.45, 7) is 1.65. The van der Waals surface area contributed by atoms with E-state index in [9.17, 15) is 4.79 Å². The van der Waals surface area contributed by atoms with Crippen LogP contribution < -0.4 is 10.2 Å². The number of nitrogens with one attached hydrogen (secondary N) is 1. The molecule has 3 heterocycles. The van der Waals surface area contributed by atoms with Crippen molar-refractivity contribution in [2.75, 3.05) is 18.0 Å². The number of nitrogens with zero attached hydrogens (tertiary/aromatic N) is 5. The summed E-state index contributed by atoms with van der Waals surface area (Å²) in [4.78, 5) is 15.0. The molecule has 1 aliphatic heterocycles. The van der Waals surface area contributed by atoms with E-state index in [0.717, 1.165) is 37.4 Å². The lowest BCUT2D eigenvalue weighted by atomic mass is 10.1. The normalized spacial score (nSPS) is 17.1. The van der Waals surface area contributed by atoms with Crippen LogP contribution in [0.3, 0.4) is 0 Å². The predicted molar refractivity (Wildman–Crippen MR) is 98.3 cm³/mol. The van der Waals surface area contributed by atoms with Crippen LogP contribution in [0.15, 0.2) is 60.9 Å². The first kappa shape index (κ1) is 16.3. The number of amides is 1. The molecule has 0 bridgehead atoms. The molecule has 0 saturated carbocycles. The zero-order valence-corrected chi connectivity index (χ0v) is 14.3. The molecule has 1 aliphatic rings. The van der Waals surface area contributed by atoms with Gasteiger partial charge in [-0.05, 0) is 43.2 Å². The number of anilines is 1. The molecule has 4 rings (SSSR count). The number of piperidine rings is 1. The second kappa shape index (κ2) is 7.35. The summed E-state index contributed by atoms with van der Waals surface area (Å²) in [6.07, 6.45) is 5.26. The van der Waals surface area contributed by atoms with Gasteiger partial charge in [0.1, 0.15) is 5.69 Å². The number of carbonyl (C=O) groups is 1. The summed E-state index contributed by atoms with van der Waals surface area (Å²) < 4.78 is 1.67. The van der Waals surface area contributed by atoms with Crippen LogP contribution in [0.2, 0.25) is 0 Å². The van der Waals surface area contributed by atoms with Crippen LogP contribution in [0.25, 0.3) is 5.69 Å². The molecule has 26 heavy (non-hydrogen) atoms. The van der Waals surface area contributed by atoms with Gasteiger partial charge in [0.05, 0.1) is 11.9 Å². The Balaban J connectivity index is 1.46. The highest BCUT2D eigenvalue weighted by Gasteiger charge is 2.24. The van der Waals surface area contributed by atoms with E-state index in [1.165, 1.54) is 0 Å². The van der Waals surface area contributed by atoms with Gasteiger partial charge in [-0.1, -0.05) is 18.2 Å². The van der Waals surface area contributed by atoms with Crippen molar-refractivity contribution in [2.45, 2.75) is 18.9 Å². The van der Waals surface area contributed by atoms with E-state index in [4.69, 9.17) is 0 Å². The number of hydrogen-bond donors (Lipinski definition) is 1. The zero-order chi connectivity index (χ0) is 17.8. The molecular weight excluding hydrogens is 328 g/mol. The van der Waals surface area contributed by atoms with Crippen LogP contribution >= 0.6 is 0 Å². The molecule has 1 saturated heterocycles. The van der Waals surface area contributed by atoms with Crippen LogP contribution in [0.1, 0.15) is 23.3 Å². The quantitative estimate of drug-likeness (QED) is 0.781. The summed E-state index contributed by atoms with van der Waals surface area (Å²) in [5.41, 5.74) is 1.40. The minimum Gasteiger partial charge on any atom is -0.353 e. The second-order valence-corrected chi connectivity index (χ2v) is 6.30. The Bertz CT molecular complexity index is 864. The summed E-state index contributed by atoms with van der Waals surface area (Å²) >= 11 is 0. The lowest BCUT2D eigenvalue weighted by Crippen LogP contribution is -2.48. The van der Waals surface area contributed by atoms with Crippen molar-refractivity contribution in [1.82, 2.24) is 25.3 Å². The van der Waals surface area contributed by atoms with Gasteiger partial charge in [0.15, 0.2) is 5.82 Å². The van der Waals surface area contributed by atoms with E-state index in [1.54, 1.807) is 23.1 Å². The molecule has 1 atom stereocenters. The van der Waals surface area contributed by atoms with E-state index < -0.39 is 0 Å².